The highest BCUT2D eigenvalue weighted by Gasteiger charge is 2.16. The maximum Gasteiger partial charge on any atom is 0.273 e. The van der Waals surface area contributed by atoms with Crippen LogP contribution in [0.4, 0.5) is 0 Å². The quantitative estimate of drug-likeness (QED) is 0.741. The number of nitrogens with one attached hydrogen (secondary N) is 1. The van der Waals surface area contributed by atoms with E-state index in [2.05, 4.69) is 20.7 Å². The van der Waals surface area contributed by atoms with Gasteiger partial charge in [-0.1, -0.05) is 47.1 Å². The van der Waals surface area contributed by atoms with Crippen LogP contribution in [0, 0.1) is 6.92 Å². The third-order valence-electron chi connectivity index (χ3n) is 3.60. The molecule has 0 unspecified atom stereocenters. The van der Waals surface area contributed by atoms with E-state index < -0.39 is 0 Å². The van der Waals surface area contributed by atoms with E-state index in [4.69, 9.17) is 11.6 Å². The first-order valence-electron chi connectivity index (χ1n) is 7.53. The summed E-state index contributed by atoms with van der Waals surface area (Å²) < 4.78 is 3.39. The average Bonchev–Trinajstić information content (AvgIpc) is 3.15. The van der Waals surface area contributed by atoms with E-state index in [1.54, 1.807) is 21.8 Å². The summed E-state index contributed by atoms with van der Waals surface area (Å²) in [5.41, 5.74) is 2.18. The lowest BCUT2D eigenvalue weighted by Crippen LogP contribution is -2.28. The van der Waals surface area contributed by atoms with Gasteiger partial charge >= 0.3 is 0 Å². The number of benzene rings is 1. The van der Waals surface area contributed by atoms with Crippen LogP contribution in [-0.4, -0.2) is 37.2 Å². The highest BCUT2D eigenvalue weighted by molar-refractivity contribution is 6.30. The molecule has 7 nitrogen and oxygen atoms in total. The molecule has 0 aliphatic rings. The largest absolute Gasteiger partial charge is 0.349 e. The Kier molecular flexibility index (Phi) is 4.90. The summed E-state index contributed by atoms with van der Waals surface area (Å²) >= 11 is 5.80. The molecule has 3 aromatic rings. The number of nitrogens with zero attached hydrogens (tertiary/aromatic N) is 5. The number of aromatic nitrogens is 5. The minimum absolute atomic E-state index is 0.245. The molecule has 0 radical (unpaired) electrons. The van der Waals surface area contributed by atoms with E-state index >= 15 is 0 Å². The average molecular weight is 345 g/mol. The van der Waals surface area contributed by atoms with Gasteiger partial charge in [-0.25, -0.2) is 4.68 Å². The standard InChI is InChI=1S/C16H17ClN6O/c1-12-15(16(24)18-7-8-22-11-14(17)9-19-22)20-21-23(12)10-13-5-3-2-4-6-13/h2-6,9,11H,7-8,10H2,1H3,(H,18,24). The van der Waals surface area contributed by atoms with Crippen molar-refractivity contribution < 1.29 is 4.79 Å². The van der Waals surface area contributed by atoms with Crippen molar-refractivity contribution in [3.05, 3.63) is 64.7 Å². The van der Waals surface area contributed by atoms with Crippen molar-refractivity contribution in [1.82, 2.24) is 30.1 Å². The summed E-state index contributed by atoms with van der Waals surface area (Å²) in [7, 11) is 0. The predicted octanol–water partition coefficient (Wildman–Crippen LogP) is 1.91. The summed E-state index contributed by atoms with van der Waals surface area (Å²) in [5, 5.41) is 15.5. The zero-order chi connectivity index (χ0) is 16.9. The molecule has 0 aliphatic heterocycles. The first kappa shape index (κ1) is 16.2. The third-order valence-corrected chi connectivity index (χ3v) is 3.80. The van der Waals surface area contributed by atoms with Crippen LogP contribution in [0.15, 0.2) is 42.7 Å². The Morgan fingerprint density at radius 1 is 1.29 bits per heavy atom. The van der Waals surface area contributed by atoms with Crippen LogP contribution >= 0.6 is 11.6 Å². The Balaban J connectivity index is 1.59. The van der Waals surface area contributed by atoms with E-state index in [0.717, 1.165) is 11.3 Å². The monoisotopic (exact) mass is 344 g/mol. The summed E-state index contributed by atoms with van der Waals surface area (Å²) in [6.45, 7) is 3.39. The lowest BCUT2D eigenvalue weighted by Gasteiger charge is -2.05. The fraction of sp³-hybridized carbons (Fsp3) is 0.250. The van der Waals surface area contributed by atoms with Gasteiger partial charge < -0.3 is 5.32 Å². The molecule has 0 saturated carbocycles. The van der Waals surface area contributed by atoms with Crippen molar-refractivity contribution in [2.45, 2.75) is 20.0 Å². The van der Waals surface area contributed by atoms with Crippen LogP contribution in [0.5, 0.6) is 0 Å². The van der Waals surface area contributed by atoms with Crippen molar-refractivity contribution in [3.8, 4) is 0 Å². The molecule has 0 spiro atoms. The first-order valence-corrected chi connectivity index (χ1v) is 7.91. The second-order valence-corrected chi connectivity index (χ2v) is 5.78. The molecule has 1 amide bonds. The van der Waals surface area contributed by atoms with Crippen LogP contribution in [0.25, 0.3) is 0 Å². The van der Waals surface area contributed by atoms with Gasteiger partial charge in [-0.05, 0) is 12.5 Å². The maximum atomic E-state index is 12.2. The molecule has 24 heavy (non-hydrogen) atoms. The summed E-state index contributed by atoms with van der Waals surface area (Å²) in [6.07, 6.45) is 3.26. The second-order valence-electron chi connectivity index (χ2n) is 5.34. The molecular weight excluding hydrogens is 328 g/mol. The molecule has 1 N–H and O–H groups in total. The van der Waals surface area contributed by atoms with E-state index in [1.165, 1.54) is 0 Å². The summed E-state index contributed by atoms with van der Waals surface area (Å²) in [4.78, 5) is 12.2. The fourth-order valence-electron chi connectivity index (χ4n) is 2.31. The van der Waals surface area contributed by atoms with Gasteiger partial charge in [0.25, 0.3) is 5.91 Å². The van der Waals surface area contributed by atoms with Crippen molar-refractivity contribution >= 4 is 17.5 Å². The fourth-order valence-corrected chi connectivity index (χ4v) is 2.46. The lowest BCUT2D eigenvalue weighted by atomic mass is 10.2. The van der Waals surface area contributed by atoms with Crippen molar-refractivity contribution in [2.24, 2.45) is 0 Å². The van der Waals surface area contributed by atoms with Gasteiger partial charge in [0.05, 0.1) is 30.0 Å². The van der Waals surface area contributed by atoms with Gasteiger partial charge in [0.1, 0.15) is 0 Å². The zero-order valence-electron chi connectivity index (χ0n) is 13.2. The van der Waals surface area contributed by atoms with Gasteiger partial charge in [0.15, 0.2) is 5.69 Å². The number of hydrogen-bond acceptors (Lipinski definition) is 4. The minimum Gasteiger partial charge on any atom is -0.349 e. The molecule has 124 valence electrons. The Morgan fingerprint density at radius 3 is 2.79 bits per heavy atom. The molecule has 0 bridgehead atoms. The van der Waals surface area contributed by atoms with Crippen LogP contribution in [-0.2, 0) is 13.1 Å². The molecule has 0 fully saturated rings. The number of carbonyl (C=O) groups is 1. The summed E-state index contributed by atoms with van der Waals surface area (Å²) in [6, 6.07) is 9.92. The van der Waals surface area contributed by atoms with Crippen molar-refractivity contribution in [2.75, 3.05) is 6.54 Å². The highest BCUT2D eigenvalue weighted by Crippen LogP contribution is 2.08. The Hall–Kier alpha value is -2.67. The molecule has 0 saturated heterocycles. The number of halogens is 1. The smallest absolute Gasteiger partial charge is 0.273 e. The molecule has 2 heterocycles. The predicted molar refractivity (Wildman–Crippen MR) is 89.9 cm³/mol. The van der Waals surface area contributed by atoms with Crippen LogP contribution < -0.4 is 5.32 Å². The molecule has 2 aromatic heterocycles. The molecule has 8 heteroatoms. The zero-order valence-corrected chi connectivity index (χ0v) is 13.9. The highest BCUT2D eigenvalue weighted by atomic mass is 35.5. The molecule has 0 aliphatic carbocycles. The molecule has 3 rings (SSSR count). The molecule has 0 atom stereocenters. The number of amides is 1. The van der Waals surface area contributed by atoms with Gasteiger partial charge in [-0.15, -0.1) is 5.10 Å². The Bertz CT molecular complexity index is 826. The van der Waals surface area contributed by atoms with E-state index in [9.17, 15) is 4.79 Å². The number of hydrogen-bond donors (Lipinski definition) is 1. The maximum absolute atomic E-state index is 12.2. The third kappa shape index (κ3) is 3.80. The number of rotatable bonds is 6. The van der Waals surface area contributed by atoms with E-state index in [-0.39, 0.29) is 5.91 Å². The lowest BCUT2D eigenvalue weighted by molar-refractivity contribution is 0.0946. The van der Waals surface area contributed by atoms with E-state index in [1.807, 2.05) is 37.3 Å². The number of carbonyl (C=O) groups excluding carboxylic acids is 1. The SMILES string of the molecule is Cc1c(C(=O)NCCn2cc(Cl)cn2)nnn1Cc1ccccc1. The van der Waals surface area contributed by atoms with Gasteiger partial charge in [-0.2, -0.15) is 5.10 Å². The minimum atomic E-state index is -0.245. The summed E-state index contributed by atoms with van der Waals surface area (Å²) in [5.74, 6) is -0.245. The van der Waals surface area contributed by atoms with Crippen LogP contribution in [0.3, 0.4) is 0 Å². The topological polar surface area (TPSA) is 77.6 Å². The normalized spacial score (nSPS) is 10.8. The van der Waals surface area contributed by atoms with Crippen LogP contribution in [0.2, 0.25) is 5.02 Å². The van der Waals surface area contributed by atoms with Crippen molar-refractivity contribution in [1.29, 1.82) is 0 Å². The van der Waals surface area contributed by atoms with Gasteiger partial charge in [0, 0.05) is 12.7 Å². The van der Waals surface area contributed by atoms with E-state index in [0.29, 0.717) is 30.4 Å². The van der Waals surface area contributed by atoms with Crippen LogP contribution in [0.1, 0.15) is 21.7 Å². The molecular formula is C16H17ClN6O. The molecule has 1 aromatic carbocycles. The first-order chi connectivity index (χ1) is 11.6. The van der Waals surface area contributed by atoms with Gasteiger partial charge in [-0.3, -0.25) is 9.48 Å². The van der Waals surface area contributed by atoms with Crippen molar-refractivity contribution in [3.63, 3.8) is 0 Å². The Morgan fingerprint density at radius 2 is 2.08 bits per heavy atom. The second kappa shape index (κ2) is 7.27. The van der Waals surface area contributed by atoms with Gasteiger partial charge in [0.2, 0.25) is 0 Å². The Labute approximate surface area is 144 Å².